The van der Waals surface area contributed by atoms with E-state index < -0.39 is 30.2 Å². The average molecular weight is 1200 g/mol. The lowest BCUT2D eigenvalue weighted by Crippen LogP contribution is -2.59. The van der Waals surface area contributed by atoms with Gasteiger partial charge in [-0.15, -0.1) is 0 Å². The highest BCUT2D eigenvalue weighted by atomic mass is 16.6. The molecule has 2 aromatic heterocycles. The minimum absolute atomic E-state index is 0.0603. The Balaban J connectivity index is 0.000000233. The summed E-state index contributed by atoms with van der Waals surface area (Å²) in [6.07, 6.45) is 10.4. The molecule has 6 aromatic carbocycles. The van der Waals surface area contributed by atoms with E-state index in [0.29, 0.717) is 36.7 Å². The molecule has 9 rings (SSSR count). The molecule has 1 saturated heterocycles. The zero-order valence-corrected chi connectivity index (χ0v) is 51.0. The molecule has 3 N–H and O–H groups in total. The second kappa shape index (κ2) is 33.2. The van der Waals surface area contributed by atoms with Crippen molar-refractivity contribution in [3.63, 3.8) is 0 Å². The van der Waals surface area contributed by atoms with Gasteiger partial charge in [-0.3, -0.25) is 9.59 Å². The van der Waals surface area contributed by atoms with Crippen molar-refractivity contribution in [2.24, 2.45) is 17.8 Å². The number of carboxylic acid groups (broad SMARTS) is 1. The zero-order valence-electron chi connectivity index (χ0n) is 51.0. The predicted molar refractivity (Wildman–Crippen MR) is 339 cm³/mol. The van der Waals surface area contributed by atoms with Crippen LogP contribution in [0.15, 0.2) is 183 Å². The highest BCUT2D eigenvalue weighted by Gasteiger charge is 2.39. The number of rotatable bonds is 27. The Morgan fingerprint density at radius 1 is 0.494 bits per heavy atom. The first-order valence-electron chi connectivity index (χ1n) is 30.0. The maximum absolute atomic E-state index is 13.4. The Labute approximate surface area is 520 Å². The maximum Gasteiger partial charge on any atom is 0.408 e. The summed E-state index contributed by atoms with van der Waals surface area (Å²) in [5.41, 5.74) is 8.62. The molecule has 0 saturated carbocycles. The molecule has 0 spiro atoms. The Hall–Kier alpha value is -9.97. The number of likely N-dealkylation sites (tertiary alicyclic amines) is 1. The summed E-state index contributed by atoms with van der Waals surface area (Å²) in [6.45, 7) is 10.9. The number of ether oxygens (including phenoxy) is 5. The van der Waals surface area contributed by atoms with Gasteiger partial charge in [0.25, 0.3) is 0 Å². The predicted octanol–water partition coefficient (Wildman–Crippen LogP) is 12.6. The van der Waals surface area contributed by atoms with Gasteiger partial charge in [0, 0.05) is 73.0 Å². The van der Waals surface area contributed by atoms with Crippen LogP contribution in [0.2, 0.25) is 0 Å². The third kappa shape index (κ3) is 20.6. The molecule has 1 aliphatic heterocycles. The molecule has 2 atom stereocenters. The smallest absolute Gasteiger partial charge is 0.408 e. The minimum Gasteiger partial charge on any atom is -0.494 e. The lowest BCUT2D eigenvalue weighted by atomic mass is 9.97. The Kier molecular flexibility index (Phi) is 24.3. The zero-order chi connectivity index (χ0) is 62.9. The lowest BCUT2D eigenvalue weighted by Gasteiger charge is -2.39. The number of aromatic nitrogens is 4. The van der Waals surface area contributed by atoms with Gasteiger partial charge in [-0.2, -0.15) is 0 Å². The third-order valence-electron chi connectivity index (χ3n) is 14.7. The van der Waals surface area contributed by atoms with Gasteiger partial charge in [-0.05, 0) is 95.2 Å². The number of benzene rings is 6. The summed E-state index contributed by atoms with van der Waals surface area (Å²) in [7, 11) is 1.33. The van der Waals surface area contributed by atoms with Crippen molar-refractivity contribution >= 4 is 30.0 Å². The molecule has 3 heterocycles. The summed E-state index contributed by atoms with van der Waals surface area (Å²) < 4.78 is 27.0. The number of esters is 1. The molecular weight excluding hydrogens is 1130 g/mol. The van der Waals surface area contributed by atoms with E-state index in [-0.39, 0.29) is 56.9 Å². The number of hydrogen-bond donors (Lipinski definition) is 3. The largest absolute Gasteiger partial charge is 0.494 e. The Morgan fingerprint density at radius 3 is 1.26 bits per heavy atom. The molecule has 18 nitrogen and oxygen atoms in total. The van der Waals surface area contributed by atoms with Gasteiger partial charge in [0.15, 0.2) is 11.6 Å². The monoisotopic (exact) mass is 1200 g/mol. The summed E-state index contributed by atoms with van der Waals surface area (Å²) in [5.74, 6) is 2.01. The van der Waals surface area contributed by atoms with Crippen LogP contribution < -0.4 is 20.1 Å². The first-order chi connectivity index (χ1) is 43.2. The normalized spacial score (nSPS) is 12.6. The van der Waals surface area contributed by atoms with Gasteiger partial charge >= 0.3 is 24.1 Å². The van der Waals surface area contributed by atoms with E-state index in [1.54, 1.807) is 41.8 Å². The van der Waals surface area contributed by atoms with Crippen LogP contribution in [0.3, 0.4) is 0 Å². The van der Waals surface area contributed by atoms with Gasteiger partial charge in [0.05, 0.1) is 26.2 Å². The first-order valence-corrected chi connectivity index (χ1v) is 30.0. The molecule has 0 radical (unpaired) electrons. The Bertz CT molecular complexity index is 3500. The first kappa shape index (κ1) is 65.0. The van der Waals surface area contributed by atoms with Crippen LogP contribution >= 0.6 is 0 Å². The standard InChI is InChI=1S/C38H42N4O6.C33H35N3O5/c1-26(2)8-7-19-47-33-17-15-29(16-18-33)31-21-39-35(40-22-31)30-13-11-27(12-14-30)20-34(36(43)42-23-32(24-42)37(44)46-3)41-38(45)48-25-28-9-5-4-6-10-28;1-23(2)7-6-18-40-29-16-14-26(15-17-29)28-20-34-31(35-21-28)27-12-10-24(11-13-27)19-30(32(37)38)36-33(39)41-22-25-8-4-3-5-9-25/h4-6,9-18,21-22,26,32,34H,7-8,19-20,23-25H2,1-3H3,(H,41,45);3-5,8-17,20-21,23,30H,6-7,18-19,22H2,1-2H3,(H,36,39)(H,37,38)/t34-;30-/m00/s1. The molecule has 0 unspecified atom stereocenters. The van der Waals surface area contributed by atoms with Crippen molar-refractivity contribution in [1.29, 1.82) is 0 Å². The van der Waals surface area contributed by atoms with E-state index in [1.165, 1.54) is 7.11 Å². The number of nitrogens with zero attached hydrogens (tertiary/aromatic N) is 5. The van der Waals surface area contributed by atoms with Crippen molar-refractivity contribution in [1.82, 2.24) is 35.5 Å². The second-order valence-corrected chi connectivity index (χ2v) is 22.5. The second-order valence-electron chi connectivity index (χ2n) is 22.5. The molecule has 1 aliphatic rings. The number of nitrogens with one attached hydrogen (secondary N) is 2. The quantitative estimate of drug-likeness (QED) is 0.0247. The summed E-state index contributed by atoms with van der Waals surface area (Å²) >= 11 is 0. The molecule has 89 heavy (non-hydrogen) atoms. The van der Waals surface area contributed by atoms with Crippen molar-refractivity contribution in [3.05, 3.63) is 205 Å². The molecule has 3 amide bonds. The number of carbonyl (C=O) groups is 5. The van der Waals surface area contributed by atoms with Crippen molar-refractivity contribution in [3.8, 4) is 56.5 Å². The number of amides is 3. The SMILES string of the molecule is CC(C)CCCOc1ccc(-c2cnc(-c3ccc(C[C@H](NC(=O)OCc4ccccc4)C(=O)O)cc3)nc2)cc1.COC(=O)C1CN(C(=O)[C@H](Cc2ccc(-c3ncc(-c4ccc(OCCCC(C)C)cc4)cn3)cc2)NC(=O)OCc2ccccc2)C1. The fourth-order valence-electron chi connectivity index (χ4n) is 9.56. The maximum atomic E-state index is 13.4. The van der Waals surface area contributed by atoms with Crippen LogP contribution in [-0.2, 0) is 54.6 Å². The summed E-state index contributed by atoms with van der Waals surface area (Å²) in [5, 5.41) is 14.8. The van der Waals surface area contributed by atoms with Crippen LogP contribution in [0.5, 0.6) is 11.5 Å². The molecule has 462 valence electrons. The molecule has 0 bridgehead atoms. The fourth-order valence-corrected chi connectivity index (χ4v) is 9.56. The topological polar surface area (TPSA) is 231 Å². The molecule has 0 aliphatic carbocycles. The number of methoxy groups -OCH3 is 1. The summed E-state index contributed by atoms with van der Waals surface area (Å²) in [4.78, 5) is 81.7. The van der Waals surface area contributed by atoms with Crippen LogP contribution in [0.1, 0.15) is 75.6 Å². The Morgan fingerprint density at radius 2 is 0.876 bits per heavy atom. The number of alkyl carbamates (subject to hydrolysis) is 2. The van der Waals surface area contributed by atoms with Gasteiger partial charge < -0.3 is 44.3 Å². The third-order valence-corrected chi connectivity index (χ3v) is 14.7. The summed E-state index contributed by atoms with van der Waals surface area (Å²) in [6, 6.07) is 47.2. The van der Waals surface area contributed by atoms with Gasteiger partial charge in [0.2, 0.25) is 5.91 Å². The minimum atomic E-state index is -1.14. The number of carbonyl (C=O) groups excluding carboxylic acids is 4. The highest BCUT2D eigenvalue weighted by molar-refractivity contribution is 5.88. The van der Waals surface area contributed by atoms with E-state index in [1.807, 2.05) is 146 Å². The molecule has 8 aromatic rings. The van der Waals surface area contributed by atoms with Crippen LogP contribution in [0.4, 0.5) is 9.59 Å². The van der Waals surface area contributed by atoms with Crippen LogP contribution in [0.25, 0.3) is 45.0 Å². The van der Waals surface area contributed by atoms with Gasteiger partial charge in [-0.1, -0.05) is 161 Å². The molecule has 1 fully saturated rings. The lowest BCUT2D eigenvalue weighted by molar-refractivity contribution is -0.156. The van der Waals surface area contributed by atoms with Crippen molar-refractivity contribution in [2.75, 3.05) is 33.4 Å². The number of carboxylic acids is 1. The fraction of sp³-hybridized carbons (Fsp3) is 0.310. The van der Waals surface area contributed by atoms with Crippen LogP contribution in [-0.4, -0.2) is 105 Å². The van der Waals surface area contributed by atoms with E-state index in [2.05, 4.69) is 58.3 Å². The van der Waals surface area contributed by atoms with Crippen molar-refractivity contribution in [2.45, 2.75) is 91.5 Å². The molecular formula is C71H77N7O11. The van der Waals surface area contributed by atoms with Crippen LogP contribution in [0, 0.1) is 17.8 Å². The van der Waals surface area contributed by atoms with E-state index in [0.717, 1.165) is 92.8 Å². The molecule has 18 heteroatoms. The van der Waals surface area contributed by atoms with E-state index >= 15 is 0 Å². The number of hydrogen-bond acceptors (Lipinski definition) is 14. The van der Waals surface area contributed by atoms with E-state index in [9.17, 15) is 29.1 Å². The highest BCUT2D eigenvalue weighted by Crippen LogP contribution is 2.27. The van der Waals surface area contributed by atoms with E-state index in [4.69, 9.17) is 23.7 Å². The van der Waals surface area contributed by atoms with Gasteiger partial charge in [-0.25, -0.2) is 34.3 Å². The van der Waals surface area contributed by atoms with Crippen molar-refractivity contribution < 1.29 is 52.8 Å². The van der Waals surface area contributed by atoms with Gasteiger partial charge in [0.1, 0.15) is 36.8 Å². The average Bonchev–Trinajstić information content (AvgIpc) is 3.72. The number of aliphatic carboxylic acids is 1.